The fourth-order valence-corrected chi connectivity index (χ4v) is 2.68. The topological polar surface area (TPSA) is 63.6 Å². The largest absolute Gasteiger partial charge is 0.489 e. The third-order valence-corrected chi connectivity index (χ3v) is 4.08. The molecule has 0 saturated carbocycles. The molecule has 1 unspecified atom stereocenters. The van der Waals surface area contributed by atoms with Gasteiger partial charge < -0.3 is 9.84 Å². The van der Waals surface area contributed by atoms with Crippen LogP contribution in [0.1, 0.15) is 15.9 Å². The standard InChI is InChI=1S/C15H13ClO4S/c1-21(19)14-8-10(15(17)18)2-3-11(14)9-20-13-6-4-12(16)5-7-13/h2-8H,9H2,1H3,(H,17,18). The van der Waals surface area contributed by atoms with Crippen LogP contribution in [0.4, 0.5) is 0 Å². The van der Waals surface area contributed by atoms with Gasteiger partial charge in [-0.1, -0.05) is 17.7 Å². The third kappa shape index (κ3) is 4.06. The summed E-state index contributed by atoms with van der Waals surface area (Å²) < 4.78 is 17.3. The van der Waals surface area contributed by atoms with Crippen LogP contribution >= 0.6 is 11.6 Å². The summed E-state index contributed by atoms with van der Waals surface area (Å²) in [7, 11) is -1.29. The molecule has 0 bridgehead atoms. The molecule has 0 saturated heterocycles. The first-order valence-corrected chi connectivity index (χ1v) is 7.99. The Kier molecular flexibility index (Phi) is 4.98. The number of carbonyl (C=O) groups is 1. The smallest absolute Gasteiger partial charge is 0.335 e. The van der Waals surface area contributed by atoms with E-state index in [1.54, 1.807) is 30.3 Å². The maximum absolute atomic E-state index is 11.7. The van der Waals surface area contributed by atoms with Crippen LogP contribution in [0.25, 0.3) is 0 Å². The summed E-state index contributed by atoms with van der Waals surface area (Å²) in [5.41, 5.74) is 0.797. The van der Waals surface area contributed by atoms with E-state index in [4.69, 9.17) is 21.4 Å². The molecule has 0 heterocycles. The molecule has 0 aliphatic rings. The summed E-state index contributed by atoms with van der Waals surface area (Å²) >= 11 is 5.79. The van der Waals surface area contributed by atoms with Gasteiger partial charge in [0, 0.05) is 21.7 Å². The van der Waals surface area contributed by atoms with Gasteiger partial charge in [0.25, 0.3) is 0 Å². The van der Waals surface area contributed by atoms with Crippen molar-refractivity contribution >= 4 is 28.4 Å². The molecule has 2 aromatic carbocycles. The number of hydrogen-bond acceptors (Lipinski definition) is 3. The molecule has 0 aliphatic carbocycles. The van der Waals surface area contributed by atoms with Crippen molar-refractivity contribution in [1.82, 2.24) is 0 Å². The molecule has 110 valence electrons. The number of aromatic carboxylic acids is 1. The van der Waals surface area contributed by atoms with Crippen molar-refractivity contribution in [2.45, 2.75) is 11.5 Å². The highest BCUT2D eigenvalue weighted by Gasteiger charge is 2.11. The molecule has 1 N–H and O–H groups in total. The number of carboxylic acid groups (broad SMARTS) is 1. The average molecular weight is 325 g/mol. The Morgan fingerprint density at radius 2 is 1.90 bits per heavy atom. The molecular formula is C15H13ClO4S. The predicted molar refractivity (Wildman–Crippen MR) is 81.5 cm³/mol. The molecule has 21 heavy (non-hydrogen) atoms. The first-order valence-electron chi connectivity index (χ1n) is 6.05. The van der Waals surface area contributed by atoms with Crippen molar-refractivity contribution in [3.8, 4) is 5.75 Å². The van der Waals surface area contributed by atoms with Gasteiger partial charge in [-0.25, -0.2) is 4.79 Å². The van der Waals surface area contributed by atoms with Crippen LogP contribution in [0.2, 0.25) is 5.02 Å². The first kappa shape index (κ1) is 15.5. The number of halogens is 1. The molecule has 0 spiro atoms. The fraction of sp³-hybridized carbons (Fsp3) is 0.133. The lowest BCUT2D eigenvalue weighted by atomic mass is 10.1. The normalized spacial score (nSPS) is 11.9. The Hall–Kier alpha value is -1.85. The van der Waals surface area contributed by atoms with E-state index in [-0.39, 0.29) is 12.2 Å². The minimum absolute atomic E-state index is 0.107. The van der Waals surface area contributed by atoms with E-state index in [9.17, 15) is 9.00 Å². The Morgan fingerprint density at radius 1 is 1.24 bits per heavy atom. The number of hydrogen-bond donors (Lipinski definition) is 1. The van der Waals surface area contributed by atoms with Gasteiger partial charge in [0.15, 0.2) is 0 Å². The number of carboxylic acids is 1. The van der Waals surface area contributed by atoms with Crippen molar-refractivity contribution in [2.75, 3.05) is 6.26 Å². The van der Waals surface area contributed by atoms with Crippen LogP contribution < -0.4 is 4.74 Å². The molecule has 0 aliphatic heterocycles. The second-order valence-corrected chi connectivity index (χ2v) is 6.11. The van der Waals surface area contributed by atoms with Gasteiger partial charge in [0.2, 0.25) is 0 Å². The Morgan fingerprint density at radius 3 is 2.48 bits per heavy atom. The highest BCUT2D eigenvalue weighted by Crippen LogP contribution is 2.20. The molecule has 0 fully saturated rings. The van der Waals surface area contributed by atoms with E-state index in [0.29, 0.717) is 21.2 Å². The van der Waals surface area contributed by atoms with Crippen LogP contribution in [-0.4, -0.2) is 21.5 Å². The maximum Gasteiger partial charge on any atom is 0.335 e. The number of rotatable bonds is 5. The zero-order chi connectivity index (χ0) is 15.4. The van der Waals surface area contributed by atoms with E-state index in [0.717, 1.165) is 0 Å². The van der Waals surface area contributed by atoms with Gasteiger partial charge in [-0.15, -0.1) is 0 Å². The Balaban J connectivity index is 2.21. The van der Waals surface area contributed by atoms with Crippen LogP contribution in [0.5, 0.6) is 5.75 Å². The minimum atomic E-state index is -1.29. The second kappa shape index (κ2) is 6.74. The van der Waals surface area contributed by atoms with Crippen LogP contribution in [0.15, 0.2) is 47.4 Å². The lowest BCUT2D eigenvalue weighted by Gasteiger charge is -2.10. The molecule has 0 aromatic heterocycles. The monoisotopic (exact) mass is 324 g/mol. The SMILES string of the molecule is CS(=O)c1cc(C(=O)O)ccc1COc1ccc(Cl)cc1. The van der Waals surface area contributed by atoms with E-state index in [1.807, 2.05) is 0 Å². The molecule has 2 rings (SSSR count). The lowest BCUT2D eigenvalue weighted by Crippen LogP contribution is -2.05. The van der Waals surface area contributed by atoms with Gasteiger partial charge in [0.05, 0.1) is 16.4 Å². The summed E-state index contributed by atoms with van der Waals surface area (Å²) in [6, 6.07) is 11.4. The lowest BCUT2D eigenvalue weighted by molar-refractivity contribution is 0.0696. The van der Waals surface area contributed by atoms with Crippen molar-refractivity contribution in [2.24, 2.45) is 0 Å². The summed E-state index contributed by atoms with van der Waals surface area (Å²) in [6.45, 7) is 0.205. The molecule has 1 atom stereocenters. The summed E-state index contributed by atoms with van der Waals surface area (Å²) in [6.07, 6.45) is 1.51. The molecular weight excluding hydrogens is 312 g/mol. The van der Waals surface area contributed by atoms with Gasteiger partial charge in [-0.3, -0.25) is 4.21 Å². The summed E-state index contributed by atoms with van der Waals surface area (Å²) in [4.78, 5) is 11.4. The van der Waals surface area contributed by atoms with Crippen molar-refractivity contribution in [3.05, 3.63) is 58.6 Å². The Labute approximate surface area is 129 Å². The maximum atomic E-state index is 11.7. The van der Waals surface area contributed by atoms with Gasteiger partial charge in [-0.2, -0.15) is 0 Å². The molecule has 6 heteroatoms. The van der Waals surface area contributed by atoms with Gasteiger partial charge in [-0.05, 0) is 36.4 Å². The Bertz CT molecular complexity index is 683. The first-order chi connectivity index (χ1) is 9.97. The number of ether oxygens (including phenoxy) is 1. The van der Waals surface area contributed by atoms with Gasteiger partial charge >= 0.3 is 5.97 Å². The van der Waals surface area contributed by atoms with Crippen molar-refractivity contribution in [1.29, 1.82) is 0 Å². The van der Waals surface area contributed by atoms with Gasteiger partial charge in [0.1, 0.15) is 12.4 Å². The third-order valence-electron chi connectivity index (χ3n) is 2.83. The number of benzene rings is 2. The van der Waals surface area contributed by atoms with E-state index in [1.165, 1.54) is 18.4 Å². The fourth-order valence-electron chi connectivity index (χ4n) is 1.77. The van der Waals surface area contributed by atoms with Crippen molar-refractivity contribution in [3.63, 3.8) is 0 Å². The quantitative estimate of drug-likeness (QED) is 0.916. The summed E-state index contributed by atoms with van der Waals surface area (Å²) in [5, 5.41) is 9.59. The second-order valence-electron chi connectivity index (χ2n) is 4.32. The summed E-state index contributed by atoms with van der Waals surface area (Å²) in [5.74, 6) is -0.415. The zero-order valence-electron chi connectivity index (χ0n) is 11.2. The van der Waals surface area contributed by atoms with Crippen LogP contribution in [0, 0.1) is 0 Å². The molecule has 0 radical (unpaired) electrons. The molecule has 0 amide bonds. The average Bonchev–Trinajstić information content (AvgIpc) is 2.46. The predicted octanol–water partition coefficient (Wildman–Crippen LogP) is 3.35. The minimum Gasteiger partial charge on any atom is -0.489 e. The van der Waals surface area contributed by atoms with Crippen LogP contribution in [0.3, 0.4) is 0 Å². The van der Waals surface area contributed by atoms with Crippen LogP contribution in [-0.2, 0) is 17.4 Å². The van der Waals surface area contributed by atoms with Crippen molar-refractivity contribution < 1.29 is 18.8 Å². The molecule has 2 aromatic rings. The zero-order valence-corrected chi connectivity index (χ0v) is 12.8. The van der Waals surface area contributed by atoms with E-state index < -0.39 is 16.8 Å². The van der Waals surface area contributed by atoms with E-state index in [2.05, 4.69) is 0 Å². The molecule has 4 nitrogen and oxygen atoms in total. The van der Waals surface area contributed by atoms with E-state index >= 15 is 0 Å². The highest BCUT2D eigenvalue weighted by molar-refractivity contribution is 7.84. The highest BCUT2D eigenvalue weighted by atomic mass is 35.5.